The number of aryl methyl sites for hydroxylation is 2. The van der Waals surface area contributed by atoms with Gasteiger partial charge >= 0.3 is 5.97 Å². The van der Waals surface area contributed by atoms with Gasteiger partial charge in [0.25, 0.3) is 0 Å². The van der Waals surface area contributed by atoms with Crippen LogP contribution in [0.15, 0.2) is 47.4 Å². The Morgan fingerprint density at radius 1 is 1.06 bits per heavy atom. The van der Waals surface area contributed by atoms with Gasteiger partial charge in [0.1, 0.15) is 0 Å². The number of ketones is 1. The van der Waals surface area contributed by atoms with Crippen LogP contribution in [0.5, 0.6) is 0 Å². The fraction of sp³-hybridized carbons (Fsp3) is 0.391. The number of sulfonamides is 1. The molecule has 1 aliphatic heterocycles. The summed E-state index contributed by atoms with van der Waals surface area (Å²) in [5.74, 6) is -1.06. The van der Waals surface area contributed by atoms with Gasteiger partial charge in [-0.3, -0.25) is 4.79 Å². The van der Waals surface area contributed by atoms with Crippen molar-refractivity contribution in [3.05, 3.63) is 64.7 Å². The van der Waals surface area contributed by atoms with Crippen LogP contribution in [0.1, 0.15) is 45.7 Å². The summed E-state index contributed by atoms with van der Waals surface area (Å²) in [7, 11) is -3.79. The second-order valence-corrected chi connectivity index (χ2v) is 9.86. The minimum Gasteiger partial charge on any atom is -0.454 e. The summed E-state index contributed by atoms with van der Waals surface area (Å²) in [5.41, 5.74) is 2.31. The summed E-state index contributed by atoms with van der Waals surface area (Å²) in [6.45, 7) is 7.40. The van der Waals surface area contributed by atoms with Gasteiger partial charge in [0.2, 0.25) is 15.8 Å². The Hall–Kier alpha value is -2.55. The lowest BCUT2D eigenvalue weighted by atomic mass is 10.0. The molecule has 1 heterocycles. The van der Waals surface area contributed by atoms with E-state index in [0.717, 1.165) is 11.1 Å². The summed E-state index contributed by atoms with van der Waals surface area (Å²) in [6.07, 6.45) is -0.439. The molecule has 8 heteroatoms. The summed E-state index contributed by atoms with van der Waals surface area (Å²) >= 11 is 0. The molecule has 0 bridgehead atoms. The van der Waals surface area contributed by atoms with Crippen molar-refractivity contribution in [2.45, 2.75) is 44.8 Å². The SMILES string of the molecule is Cc1ccc(C)c(C(=O)COC(=O)c2cccc(S(=O)(=O)N3CC(C)OC(C)C3)c2)c1. The van der Waals surface area contributed by atoms with Gasteiger partial charge in [-0.05, 0) is 57.5 Å². The lowest BCUT2D eigenvalue weighted by Crippen LogP contribution is -2.48. The fourth-order valence-corrected chi connectivity index (χ4v) is 5.22. The molecule has 2 unspecified atom stereocenters. The van der Waals surface area contributed by atoms with Crippen LogP contribution < -0.4 is 0 Å². The topological polar surface area (TPSA) is 90.0 Å². The van der Waals surface area contributed by atoms with Crippen LogP contribution in [0.4, 0.5) is 0 Å². The molecule has 0 saturated carbocycles. The molecular formula is C23H27NO6S. The molecule has 3 rings (SSSR count). The van der Waals surface area contributed by atoms with Gasteiger partial charge in [-0.2, -0.15) is 4.31 Å². The Morgan fingerprint density at radius 3 is 2.42 bits per heavy atom. The molecule has 0 aromatic heterocycles. The van der Waals surface area contributed by atoms with Crippen LogP contribution in [0.2, 0.25) is 0 Å². The lowest BCUT2D eigenvalue weighted by Gasteiger charge is -2.34. The predicted molar refractivity (Wildman–Crippen MR) is 116 cm³/mol. The molecule has 0 N–H and O–H groups in total. The highest BCUT2D eigenvalue weighted by Gasteiger charge is 2.32. The zero-order valence-electron chi connectivity index (χ0n) is 18.1. The monoisotopic (exact) mass is 445 g/mol. The molecular weight excluding hydrogens is 418 g/mol. The highest BCUT2D eigenvalue weighted by atomic mass is 32.2. The van der Waals surface area contributed by atoms with E-state index >= 15 is 0 Å². The highest BCUT2D eigenvalue weighted by molar-refractivity contribution is 7.89. The van der Waals surface area contributed by atoms with Gasteiger partial charge in [0, 0.05) is 18.7 Å². The molecule has 2 aromatic rings. The van der Waals surface area contributed by atoms with Crippen molar-refractivity contribution >= 4 is 21.8 Å². The van der Waals surface area contributed by atoms with Gasteiger partial charge < -0.3 is 9.47 Å². The van der Waals surface area contributed by atoms with Crippen molar-refractivity contribution in [2.24, 2.45) is 0 Å². The summed E-state index contributed by atoms with van der Waals surface area (Å²) < 4.78 is 38.2. The highest BCUT2D eigenvalue weighted by Crippen LogP contribution is 2.22. The number of nitrogens with zero attached hydrogens (tertiary/aromatic N) is 1. The minimum atomic E-state index is -3.79. The van der Waals surface area contributed by atoms with E-state index in [2.05, 4.69) is 0 Å². The summed E-state index contributed by atoms with van der Waals surface area (Å²) in [5, 5.41) is 0. The number of carbonyl (C=O) groups is 2. The molecule has 1 aliphatic rings. The van der Waals surface area contributed by atoms with Gasteiger partial charge in [-0.15, -0.1) is 0 Å². The van der Waals surface area contributed by atoms with E-state index in [0.29, 0.717) is 5.56 Å². The van der Waals surface area contributed by atoms with Crippen molar-refractivity contribution in [2.75, 3.05) is 19.7 Å². The van der Waals surface area contributed by atoms with E-state index in [1.165, 1.54) is 28.6 Å². The van der Waals surface area contributed by atoms with Crippen molar-refractivity contribution in [1.82, 2.24) is 4.31 Å². The predicted octanol–water partition coefficient (Wildman–Crippen LogP) is 3.14. The van der Waals surface area contributed by atoms with E-state index in [4.69, 9.17) is 9.47 Å². The number of hydrogen-bond donors (Lipinski definition) is 0. The van der Waals surface area contributed by atoms with Crippen LogP contribution in [0.3, 0.4) is 0 Å². The Labute approximate surface area is 183 Å². The van der Waals surface area contributed by atoms with Gasteiger partial charge in [0.05, 0.1) is 22.7 Å². The van der Waals surface area contributed by atoms with Crippen molar-refractivity contribution in [3.8, 4) is 0 Å². The Balaban J connectivity index is 1.73. The van der Waals surface area contributed by atoms with Crippen LogP contribution in [-0.4, -0.2) is 56.4 Å². The molecule has 1 fully saturated rings. The lowest BCUT2D eigenvalue weighted by molar-refractivity contribution is -0.0440. The van der Waals surface area contributed by atoms with Crippen LogP contribution in [0.25, 0.3) is 0 Å². The van der Waals surface area contributed by atoms with Gasteiger partial charge in [-0.1, -0.05) is 23.8 Å². The van der Waals surface area contributed by atoms with Crippen molar-refractivity contribution in [3.63, 3.8) is 0 Å². The molecule has 1 saturated heterocycles. The first kappa shape index (κ1) is 23.1. The first-order valence-corrected chi connectivity index (χ1v) is 11.5. The van der Waals surface area contributed by atoms with Crippen LogP contribution in [0, 0.1) is 13.8 Å². The zero-order chi connectivity index (χ0) is 22.8. The number of benzene rings is 2. The normalized spacial score (nSPS) is 19.7. The van der Waals surface area contributed by atoms with Gasteiger partial charge in [-0.25, -0.2) is 13.2 Å². The van der Waals surface area contributed by atoms with Crippen molar-refractivity contribution in [1.29, 1.82) is 0 Å². The Morgan fingerprint density at radius 2 is 1.74 bits per heavy atom. The molecule has 0 aliphatic carbocycles. The first-order valence-electron chi connectivity index (χ1n) is 10.1. The zero-order valence-corrected chi connectivity index (χ0v) is 18.9. The largest absolute Gasteiger partial charge is 0.454 e. The molecule has 31 heavy (non-hydrogen) atoms. The standard InChI is InChI=1S/C23H27NO6S/c1-15-8-9-16(2)21(10-15)22(25)14-29-23(26)19-6-5-7-20(11-19)31(27,28)24-12-17(3)30-18(4)13-24/h5-11,17-18H,12-14H2,1-4H3. The molecule has 166 valence electrons. The third kappa shape index (κ3) is 5.39. The number of morpholine rings is 1. The molecule has 0 radical (unpaired) electrons. The number of hydrogen-bond acceptors (Lipinski definition) is 6. The average Bonchev–Trinajstić information content (AvgIpc) is 2.72. The number of Topliss-reactive ketones (excluding diaryl/α,β-unsaturated/α-hetero) is 1. The third-order valence-electron chi connectivity index (χ3n) is 5.12. The molecule has 2 aromatic carbocycles. The summed E-state index contributed by atoms with van der Waals surface area (Å²) in [6, 6.07) is 11.2. The molecule has 2 atom stereocenters. The van der Waals surface area contributed by atoms with E-state index < -0.39 is 22.6 Å². The second kappa shape index (κ2) is 9.30. The Kier molecular flexibility index (Phi) is 6.93. The molecule has 0 amide bonds. The second-order valence-electron chi connectivity index (χ2n) is 7.92. The van der Waals surface area contributed by atoms with E-state index in [1.807, 2.05) is 39.8 Å². The molecule has 7 nitrogen and oxygen atoms in total. The van der Waals surface area contributed by atoms with E-state index in [9.17, 15) is 18.0 Å². The maximum atomic E-state index is 13.0. The number of esters is 1. The summed E-state index contributed by atoms with van der Waals surface area (Å²) in [4.78, 5) is 24.9. The van der Waals surface area contributed by atoms with Gasteiger partial charge in [0.15, 0.2) is 6.61 Å². The maximum absolute atomic E-state index is 13.0. The van der Waals surface area contributed by atoms with E-state index in [-0.39, 0.29) is 41.5 Å². The van der Waals surface area contributed by atoms with E-state index in [1.54, 1.807) is 6.07 Å². The number of ether oxygens (including phenoxy) is 2. The quantitative estimate of drug-likeness (QED) is 0.501. The number of carbonyl (C=O) groups excluding carboxylic acids is 2. The van der Waals surface area contributed by atoms with Crippen LogP contribution >= 0.6 is 0 Å². The van der Waals surface area contributed by atoms with Crippen LogP contribution in [-0.2, 0) is 19.5 Å². The first-order chi connectivity index (χ1) is 14.6. The minimum absolute atomic E-state index is 0.00380. The third-order valence-corrected chi connectivity index (χ3v) is 6.95. The smallest absolute Gasteiger partial charge is 0.338 e. The maximum Gasteiger partial charge on any atom is 0.338 e. The fourth-order valence-electron chi connectivity index (χ4n) is 3.59. The number of rotatable bonds is 6. The Bertz CT molecular complexity index is 1080. The van der Waals surface area contributed by atoms with Crippen molar-refractivity contribution < 1.29 is 27.5 Å². The average molecular weight is 446 g/mol. The molecule has 0 spiro atoms.